The van der Waals surface area contributed by atoms with Crippen LogP contribution in [0.3, 0.4) is 0 Å². The Kier molecular flexibility index (Phi) is 42.8. The fraction of sp³-hybridized carbons (Fsp3) is 0.909. The van der Waals surface area contributed by atoms with Gasteiger partial charge in [0.15, 0.2) is 0 Å². The van der Waals surface area contributed by atoms with Crippen LogP contribution >= 0.6 is 0 Å². The quantitative estimate of drug-likeness (QED) is 0.0200. The van der Waals surface area contributed by atoms with E-state index in [2.05, 4.69) is 77.6 Å². The van der Waals surface area contributed by atoms with Gasteiger partial charge in [-0.2, -0.15) is 0 Å². The number of rotatable bonds is 18. The molecule has 0 bridgehead atoms. The van der Waals surface area contributed by atoms with Crippen LogP contribution in [0.4, 0.5) is 0 Å². The van der Waals surface area contributed by atoms with E-state index in [0.29, 0.717) is 17.9 Å². The maximum atomic E-state index is 10.9. The van der Waals surface area contributed by atoms with E-state index < -0.39 is 72.8 Å². The summed E-state index contributed by atoms with van der Waals surface area (Å²) in [6, 6.07) is 0.447. The zero-order valence-electron chi connectivity index (χ0n) is 31.5. The number of nitrogens with one attached hydrogen (secondary N) is 12. The van der Waals surface area contributed by atoms with E-state index in [1.165, 1.54) is 0 Å². The van der Waals surface area contributed by atoms with Gasteiger partial charge < -0.3 is 44.4 Å². The van der Waals surface area contributed by atoms with Crippen LogP contribution < -0.4 is 182 Å². The fourth-order valence-electron chi connectivity index (χ4n) is 4.83. The topological polar surface area (TPSA) is 379 Å². The van der Waals surface area contributed by atoms with Gasteiger partial charge in [0.05, 0.1) is 63.2 Å². The Hall–Kier alpha value is 3.48. The van der Waals surface area contributed by atoms with Crippen LogP contribution in [0.15, 0.2) is 0 Å². The molecule has 2 aliphatic heterocycles. The van der Waals surface area contributed by atoms with E-state index in [-0.39, 0.29) is 169 Å². The monoisotopic (exact) mass is 894 g/mol. The second kappa shape index (κ2) is 36.0. The normalized spacial score (nSPS) is 27.0. The van der Waals surface area contributed by atoms with Crippen molar-refractivity contribution in [2.45, 2.75) is 63.9 Å². The first-order valence-corrected chi connectivity index (χ1v) is 20.9. The Morgan fingerprint density at radius 3 is 1.33 bits per heavy atom. The van der Waals surface area contributed by atoms with E-state index in [1.807, 2.05) is 0 Å². The molecule has 8 unspecified atom stereocenters. The van der Waals surface area contributed by atoms with E-state index >= 15 is 0 Å². The van der Waals surface area contributed by atoms with Crippen LogP contribution in [0.2, 0.25) is 0 Å². The van der Waals surface area contributed by atoms with E-state index in [0.717, 1.165) is 12.8 Å². The Labute approximate surface area is 411 Å². The molecule has 24 nitrogen and oxygen atoms in total. The standard InChI is InChI=1S/C18H40N10O6S2.2C2H7NO3S.4Na/c1-11-8-14(12(2)7-13(11)24-15-22-9-19-10-23-15)25-18-27-16(20-3-5-35(29,30)31)26-17(28-18)21-4-6-36(32,33)34;2*4-1-3-2-7(5)6;;;;/h9-28H,3-8H2,1-2H3,(H,29,30,31)(H,32,33,34);2*3-4H,1-2H2,(H,5,6);;;;/q-2;;;4*+1/p-4. The van der Waals surface area contributed by atoms with Crippen molar-refractivity contribution in [3.63, 3.8) is 0 Å². The van der Waals surface area contributed by atoms with Crippen molar-refractivity contribution in [1.29, 1.82) is 0 Å². The molecule has 1 saturated carbocycles. The summed E-state index contributed by atoms with van der Waals surface area (Å²) in [6.07, 6.45) is 0.143. The van der Waals surface area contributed by atoms with Crippen molar-refractivity contribution in [3.05, 3.63) is 13.3 Å². The molecular weight excluding hydrogens is 845 g/mol. The maximum absolute atomic E-state index is 10.9. The van der Waals surface area contributed by atoms with Crippen LogP contribution in [0.25, 0.3) is 0 Å². The minimum atomic E-state index is -4.37. The van der Waals surface area contributed by atoms with E-state index in [4.69, 9.17) is 10.2 Å². The zero-order valence-corrected chi connectivity index (χ0v) is 42.7. The van der Waals surface area contributed by atoms with Crippen molar-refractivity contribution in [2.75, 3.05) is 49.8 Å². The summed E-state index contributed by atoms with van der Waals surface area (Å²) in [6.45, 7) is 7.13. The molecule has 0 amide bonds. The van der Waals surface area contributed by atoms with Gasteiger partial charge >= 0.3 is 118 Å². The molecular formula is C22H50N12Na4O12S4-2. The first-order chi connectivity index (χ1) is 23.4. The molecule has 2 saturated heterocycles. The van der Waals surface area contributed by atoms with Gasteiger partial charge in [-0.1, -0.05) is 13.8 Å². The molecule has 300 valence electrons. The third-order valence-electron chi connectivity index (χ3n) is 7.12. The molecule has 0 spiro atoms. The van der Waals surface area contributed by atoms with E-state index in [1.54, 1.807) is 13.3 Å². The molecule has 3 rings (SSSR count). The molecule has 54 heavy (non-hydrogen) atoms. The molecule has 32 heteroatoms. The van der Waals surface area contributed by atoms with Crippen molar-refractivity contribution in [3.8, 4) is 0 Å². The van der Waals surface area contributed by atoms with E-state index in [9.17, 15) is 43.5 Å². The van der Waals surface area contributed by atoms with Gasteiger partial charge in [-0.15, -0.1) is 0 Å². The van der Waals surface area contributed by atoms with Crippen molar-refractivity contribution in [1.82, 2.24) is 63.8 Å². The summed E-state index contributed by atoms with van der Waals surface area (Å²) in [4.78, 5) is 0. The Bertz CT molecular complexity index is 1150. The van der Waals surface area contributed by atoms with Gasteiger partial charge in [0, 0.05) is 25.2 Å². The van der Waals surface area contributed by atoms with Crippen molar-refractivity contribution < 1.29 is 172 Å². The first-order valence-electron chi connectivity index (χ1n) is 15.2. The predicted molar refractivity (Wildman–Crippen MR) is 177 cm³/mol. The van der Waals surface area contributed by atoms with Gasteiger partial charge in [-0.3, -0.25) is 56.3 Å². The number of aliphatic hydroxyl groups is 2. The van der Waals surface area contributed by atoms with Crippen molar-refractivity contribution in [2.24, 2.45) is 11.8 Å². The third-order valence-corrected chi connectivity index (χ3v) is 9.41. The second-order valence-electron chi connectivity index (χ2n) is 11.1. The zero-order chi connectivity index (χ0) is 37.7. The van der Waals surface area contributed by atoms with Crippen LogP contribution in [0.5, 0.6) is 0 Å². The summed E-state index contributed by atoms with van der Waals surface area (Å²) >= 11 is -4.17. The third kappa shape index (κ3) is 34.1. The molecule has 2 heterocycles. The van der Waals surface area contributed by atoms with Gasteiger partial charge in [-0.25, -0.2) is 30.2 Å². The van der Waals surface area contributed by atoms with Crippen LogP contribution in [0, 0.1) is 25.2 Å². The van der Waals surface area contributed by atoms with Crippen molar-refractivity contribution >= 4 is 42.4 Å². The fourth-order valence-corrected chi connectivity index (χ4v) is 6.08. The predicted octanol–water partition coefficient (Wildman–Crippen LogP) is -20.1. The Morgan fingerprint density at radius 1 is 0.667 bits per heavy atom. The number of aliphatic hydroxyl groups excluding tert-OH is 2. The summed E-state index contributed by atoms with van der Waals surface area (Å²) in [5.41, 5.74) is 0. The SMILES string of the molecule is CC1CC(NC2NC(NCCS(=O)(=O)[O-])NC(NCCS(=O)(=O)[O-])N2)C(C)CC1NC1N[CH-]N[CH-]N1.O=S([O-])CNCO.O=S([O-])CNCO.[Na+].[Na+].[Na+].[Na+]. The maximum Gasteiger partial charge on any atom is 1.00 e. The smallest absolute Gasteiger partial charge is 0.771 e. The average molecular weight is 895 g/mol. The summed E-state index contributed by atoms with van der Waals surface area (Å²) < 4.78 is 104. The molecule has 8 atom stereocenters. The van der Waals surface area contributed by atoms with Crippen LogP contribution in [0.1, 0.15) is 26.7 Å². The number of hydrogen-bond acceptors (Lipinski definition) is 24. The molecule has 0 aromatic rings. The van der Waals surface area contributed by atoms with Crippen LogP contribution in [-0.2, 0) is 42.4 Å². The van der Waals surface area contributed by atoms with Crippen LogP contribution in [-0.4, -0.2) is 141 Å². The molecule has 14 N–H and O–H groups in total. The molecule has 0 aromatic carbocycles. The van der Waals surface area contributed by atoms with Gasteiger partial charge in [-0.05, 0) is 46.8 Å². The average Bonchev–Trinajstić information content (AvgIpc) is 3.01. The molecule has 3 aliphatic rings. The number of hydrogen-bond donors (Lipinski definition) is 14. The summed E-state index contributed by atoms with van der Waals surface area (Å²) in [5.74, 6) is -0.834. The minimum Gasteiger partial charge on any atom is -0.771 e. The van der Waals surface area contributed by atoms with Gasteiger partial charge in [0.1, 0.15) is 18.9 Å². The molecule has 0 aromatic heterocycles. The van der Waals surface area contributed by atoms with Gasteiger partial charge in [0.25, 0.3) is 0 Å². The van der Waals surface area contributed by atoms with Gasteiger partial charge in [0.2, 0.25) is 0 Å². The largest absolute Gasteiger partial charge is 1.00 e. The minimum absolute atomic E-state index is 0. The molecule has 3 fully saturated rings. The summed E-state index contributed by atoms with van der Waals surface area (Å²) in [7, 11) is -8.75. The Balaban J connectivity index is -0.000000592. The first kappa shape index (κ1) is 64.1. The summed E-state index contributed by atoms with van der Waals surface area (Å²) in [5, 5.41) is 52.0. The Morgan fingerprint density at radius 2 is 1.02 bits per heavy atom. The molecule has 1 aliphatic carbocycles. The second-order valence-corrected chi connectivity index (χ2v) is 16.0. The molecule has 0 radical (unpaired) electrons.